The molecule has 7 nitrogen and oxygen atoms in total. The predicted molar refractivity (Wildman–Crippen MR) is 110 cm³/mol. The number of benzene rings is 2. The summed E-state index contributed by atoms with van der Waals surface area (Å²) in [5.41, 5.74) is 0.498. The summed E-state index contributed by atoms with van der Waals surface area (Å²) in [4.78, 5) is 25.9. The second-order valence-corrected chi connectivity index (χ2v) is 9.24. The lowest BCUT2D eigenvalue weighted by Crippen LogP contribution is -2.51. The Kier molecular flexibility index (Phi) is 7.01. The van der Waals surface area contributed by atoms with Crippen molar-refractivity contribution in [2.75, 3.05) is 26.2 Å². The molecule has 2 aromatic rings. The van der Waals surface area contributed by atoms with E-state index in [4.69, 9.17) is 0 Å². The van der Waals surface area contributed by atoms with Crippen molar-refractivity contribution in [1.29, 1.82) is 0 Å². The van der Waals surface area contributed by atoms with Gasteiger partial charge in [-0.05, 0) is 37.3 Å². The highest BCUT2D eigenvalue weighted by Crippen LogP contribution is 2.20. The molecule has 0 aromatic heterocycles. The van der Waals surface area contributed by atoms with E-state index in [0.29, 0.717) is 11.6 Å². The van der Waals surface area contributed by atoms with Crippen molar-refractivity contribution in [3.63, 3.8) is 0 Å². The Morgan fingerprint density at radius 3 is 2.26 bits per heavy atom. The lowest BCUT2D eigenvalue weighted by Gasteiger charge is -2.34. The van der Waals surface area contributed by atoms with Crippen LogP contribution in [0.2, 0.25) is 0 Å². The SMILES string of the molecule is CC(CC(=O)N1CCN(S(=O)(=O)c2ccc(F)c(F)c2)CC1)NC(=O)c1ccccc1. The first-order valence-electron chi connectivity index (χ1n) is 9.77. The van der Waals surface area contributed by atoms with E-state index in [1.54, 1.807) is 37.3 Å². The maximum Gasteiger partial charge on any atom is 0.251 e. The second kappa shape index (κ2) is 9.52. The van der Waals surface area contributed by atoms with Gasteiger partial charge in [0.15, 0.2) is 11.6 Å². The van der Waals surface area contributed by atoms with Gasteiger partial charge in [-0.1, -0.05) is 18.2 Å². The molecule has 166 valence electrons. The van der Waals surface area contributed by atoms with E-state index < -0.39 is 27.7 Å². The lowest BCUT2D eigenvalue weighted by atomic mass is 10.1. The fourth-order valence-corrected chi connectivity index (χ4v) is 4.74. The number of sulfonamides is 1. The molecule has 1 heterocycles. The number of rotatable bonds is 6. The quantitative estimate of drug-likeness (QED) is 0.728. The molecule has 1 N–H and O–H groups in total. The van der Waals surface area contributed by atoms with Crippen molar-refractivity contribution in [3.8, 4) is 0 Å². The van der Waals surface area contributed by atoms with Crippen molar-refractivity contribution in [3.05, 3.63) is 65.7 Å². The molecule has 0 aliphatic carbocycles. The number of carbonyl (C=O) groups excluding carboxylic acids is 2. The third-order valence-corrected chi connectivity index (χ3v) is 6.91. The lowest BCUT2D eigenvalue weighted by molar-refractivity contribution is -0.132. The van der Waals surface area contributed by atoms with Gasteiger partial charge in [-0.15, -0.1) is 0 Å². The number of nitrogens with zero attached hydrogens (tertiary/aromatic N) is 2. The maximum absolute atomic E-state index is 13.4. The average molecular weight is 451 g/mol. The summed E-state index contributed by atoms with van der Waals surface area (Å²) in [6.07, 6.45) is 0.0779. The molecule has 1 saturated heterocycles. The maximum atomic E-state index is 13.4. The first kappa shape index (κ1) is 22.8. The number of nitrogens with one attached hydrogen (secondary N) is 1. The Labute approximate surface area is 179 Å². The van der Waals surface area contributed by atoms with Gasteiger partial charge in [-0.25, -0.2) is 17.2 Å². The number of hydrogen-bond acceptors (Lipinski definition) is 4. The van der Waals surface area contributed by atoms with Crippen LogP contribution in [0.1, 0.15) is 23.7 Å². The monoisotopic (exact) mass is 451 g/mol. The average Bonchev–Trinajstić information content (AvgIpc) is 2.76. The summed E-state index contributed by atoms with van der Waals surface area (Å²) >= 11 is 0. The second-order valence-electron chi connectivity index (χ2n) is 7.31. The molecule has 1 fully saturated rings. The Hall–Kier alpha value is -2.85. The van der Waals surface area contributed by atoms with E-state index in [1.807, 2.05) is 0 Å². The van der Waals surface area contributed by atoms with Gasteiger partial charge in [0, 0.05) is 44.2 Å². The number of halogens is 2. The molecule has 1 aliphatic rings. The normalized spacial score (nSPS) is 16.0. The zero-order chi connectivity index (χ0) is 22.6. The molecule has 3 rings (SSSR count). The van der Waals surface area contributed by atoms with Crippen LogP contribution in [0.3, 0.4) is 0 Å². The van der Waals surface area contributed by atoms with Crippen molar-refractivity contribution in [1.82, 2.24) is 14.5 Å². The van der Waals surface area contributed by atoms with E-state index in [9.17, 15) is 26.8 Å². The standard InChI is InChI=1S/C21H23F2N3O4S/c1-15(24-21(28)16-5-3-2-4-6-16)13-20(27)25-9-11-26(12-10-25)31(29,30)17-7-8-18(22)19(23)14-17/h2-8,14-15H,9-13H2,1H3,(H,24,28). The molecule has 2 aromatic carbocycles. The van der Waals surface area contributed by atoms with Crippen LogP contribution in [-0.2, 0) is 14.8 Å². The Morgan fingerprint density at radius 1 is 1.00 bits per heavy atom. The molecule has 0 radical (unpaired) electrons. The van der Waals surface area contributed by atoms with Gasteiger partial charge in [0.2, 0.25) is 15.9 Å². The van der Waals surface area contributed by atoms with Crippen molar-refractivity contribution in [2.45, 2.75) is 24.3 Å². The summed E-state index contributed by atoms with van der Waals surface area (Å²) in [7, 11) is -3.99. The molecule has 0 bridgehead atoms. The van der Waals surface area contributed by atoms with Crippen LogP contribution >= 0.6 is 0 Å². The first-order chi connectivity index (χ1) is 14.7. The first-order valence-corrected chi connectivity index (χ1v) is 11.2. The zero-order valence-electron chi connectivity index (χ0n) is 16.9. The number of hydrogen-bond donors (Lipinski definition) is 1. The van der Waals surface area contributed by atoms with Crippen LogP contribution in [0.5, 0.6) is 0 Å². The minimum absolute atomic E-state index is 0.0395. The van der Waals surface area contributed by atoms with Gasteiger partial charge in [-0.3, -0.25) is 9.59 Å². The fourth-order valence-electron chi connectivity index (χ4n) is 3.30. The highest BCUT2D eigenvalue weighted by Gasteiger charge is 2.31. The predicted octanol–water partition coefficient (Wildman–Crippen LogP) is 2.01. The van der Waals surface area contributed by atoms with E-state index in [2.05, 4.69) is 5.32 Å². The van der Waals surface area contributed by atoms with E-state index in [1.165, 1.54) is 4.90 Å². The highest BCUT2D eigenvalue weighted by atomic mass is 32.2. The van der Waals surface area contributed by atoms with Gasteiger partial charge in [0.25, 0.3) is 5.91 Å². The van der Waals surface area contributed by atoms with E-state index in [-0.39, 0.29) is 49.3 Å². The van der Waals surface area contributed by atoms with Crippen LogP contribution in [0, 0.1) is 11.6 Å². The van der Waals surface area contributed by atoms with Crippen LogP contribution in [-0.4, -0.2) is 61.7 Å². The minimum Gasteiger partial charge on any atom is -0.349 e. The molecule has 0 spiro atoms. The van der Waals surface area contributed by atoms with Gasteiger partial charge >= 0.3 is 0 Å². The smallest absolute Gasteiger partial charge is 0.251 e. The topological polar surface area (TPSA) is 86.8 Å². The Bertz CT molecular complexity index is 1060. The van der Waals surface area contributed by atoms with Crippen molar-refractivity contribution < 1.29 is 26.8 Å². The van der Waals surface area contributed by atoms with Gasteiger partial charge in [0.05, 0.1) is 4.90 Å². The third kappa shape index (κ3) is 5.45. The van der Waals surface area contributed by atoms with Gasteiger partial charge in [0.1, 0.15) is 0 Å². The van der Waals surface area contributed by atoms with Crippen LogP contribution in [0.15, 0.2) is 53.4 Å². The molecular formula is C21H23F2N3O4S. The number of carbonyl (C=O) groups is 2. The summed E-state index contributed by atoms with van der Waals surface area (Å²) in [5, 5.41) is 2.77. The summed E-state index contributed by atoms with van der Waals surface area (Å²) < 4.78 is 53.0. The molecule has 10 heteroatoms. The Morgan fingerprint density at radius 2 is 1.65 bits per heavy atom. The highest BCUT2D eigenvalue weighted by molar-refractivity contribution is 7.89. The molecule has 1 unspecified atom stereocenters. The van der Waals surface area contributed by atoms with Crippen LogP contribution in [0.4, 0.5) is 8.78 Å². The van der Waals surface area contributed by atoms with Gasteiger partial charge in [-0.2, -0.15) is 4.31 Å². The summed E-state index contributed by atoms with van der Waals surface area (Å²) in [5.74, 6) is -2.83. The fraction of sp³-hybridized carbons (Fsp3) is 0.333. The minimum atomic E-state index is -3.99. The van der Waals surface area contributed by atoms with Crippen molar-refractivity contribution >= 4 is 21.8 Å². The summed E-state index contributed by atoms with van der Waals surface area (Å²) in [6.45, 7) is 2.14. The molecular weight excluding hydrogens is 428 g/mol. The van der Waals surface area contributed by atoms with E-state index >= 15 is 0 Å². The largest absolute Gasteiger partial charge is 0.349 e. The number of piperazine rings is 1. The molecule has 1 aliphatic heterocycles. The molecule has 0 saturated carbocycles. The number of amides is 2. The Balaban J connectivity index is 1.53. The zero-order valence-corrected chi connectivity index (χ0v) is 17.7. The van der Waals surface area contributed by atoms with Gasteiger partial charge < -0.3 is 10.2 Å². The van der Waals surface area contributed by atoms with Crippen LogP contribution in [0.25, 0.3) is 0 Å². The molecule has 1 atom stereocenters. The summed E-state index contributed by atoms with van der Waals surface area (Å²) in [6, 6.07) is 10.7. The van der Waals surface area contributed by atoms with Crippen molar-refractivity contribution in [2.24, 2.45) is 0 Å². The van der Waals surface area contributed by atoms with E-state index in [0.717, 1.165) is 16.4 Å². The van der Waals surface area contributed by atoms with Crippen LogP contribution < -0.4 is 5.32 Å². The molecule has 31 heavy (non-hydrogen) atoms. The molecule has 2 amide bonds. The third-order valence-electron chi connectivity index (χ3n) is 5.01.